The van der Waals surface area contributed by atoms with E-state index in [1.807, 2.05) is 34.9 Å². The Morgan fingerprint density at radius 2 is 1.84 bits per heavy atom. The van der Waals surface area contributed by atoms with Crippen LogP contribution in [0.2, 0.25) is 10.0 Å². The molecule has 0 aliphatic heterocycles. The van der Waals surface area contributed by atoms with Crippen LogP contribution in [0.1, 0.15) is 0 Å². The smallest absolute Gasteiger partial charge is 0.182 e. The average molecular weight is 374 g/mol. The van der Waals surface area contributed by atoms with E-state index >= 15 is 0 Å². The van der Waals surface area contributed by atoms with E-state index in [9.17, 15) is 0 Å². The van der Waals surface area contributed by atoms with Gasteiger partial charge in [-0.3, -0.25) is 4.57 Å². The largest absolute Gasteiger partial charge is 0.330 e. The second-order valence-electron chi connectivity index (χ2n) is 4.03. The molecule has 0 spiro atoms. The maximum atomic E-state index is 6.09. The minimum absolute atomic E-state index is 0.506. The molecule has 96 valence electrons. The Morgan fingerprint density at radius 3 is 2.58 bits per heavy atom. The topological polar surface area (TPSA) is 20.7 Å². The number of fused-ring (bicyclic) bond motifs is 1. The third-order valence-corrected chi connectivity index (χ3v) is 4.29. The summed E-state index contributed by atoms with van der Waals surface area (Å²) in [6.45, 7) is 0. The predicted molar refractivity (Wildman–Crippen MR) is 86.2 cm³/mol. The summed E-state index contributed by atoms with van der Waals surface area (Å²) in [5, 5.41) is 1.01. The van der Waals surface area contributed by atoms with Gasteiger partial charge in [0, 0.05) is 10.2 Å². The molecule has 0 saturated heterocycles. The second kappa shape index (κ2) is 4.94. The normalized spacial score (nSPS) is 11.1. The van der Waals surface area contributed by atoms with E-state index in [0.717, 1.165) is 21.2 Å². The number of rotatable bonds is 1. The number of nitrogens with zero attached hydrogens (tertiary/aromatic N) is 1. The predicted octanol–water partition coefficient (Wildman–Crippen LogP) is 5.76. The zero-order valence-corrected chi connectivity index (χ0v) is 13.4. The van der Waals surface area contributed by atoms with Gasteiger partial charge in [0.05, 0.1) is 21.1 Å². The molecule has 1 aromatic heterocycles. The lowest BCUT2D eigenvalue weighted by Gasteiger charge is -2.05. The second-order valence-corrected chi connectivity index (χ2v) is 6.15. The number of nitrogens with one attached hydrogen (secondary N) is 1. The molecular formula is C13H7BrCl2N2S. The molecule has 0 aliphatic carbocycles. The lowest BCUT2D eigenvalue weighted by molar-refractivity contribution is 1.06. The number of aromatic nitrogens is 2. The van der Waals surface area contributed by atoms with Gasteiger partial charge in [-0.25, -0.2) is 0 Å². The molecule has 0 fully saturated rings. The highest BCUT2D eigenvalue weighted by atomic mass is 79.9. The van der Waals surface area contributed by atoms with Crippen molar-refractivity contribution in [2.24, 2.45) is 0 Å². The molecule has 1 N–H and O–H groups in total. The van der Waals surface area contributed by atoms with Crippen molar-refractivity contribution < 1.29 is 0 Å². The Kier molecular flexibility index (Phi) is 3.43. The number of hydrogen-bond acceptors (Lipinski definition) is 1. The minimum atomic E-state index is 0.506. The molecule has 3 aromatic rings. The van der Waals surface area contributed by atoms with Crippen LogP contribution in [0.15, 0.2) is 40.9 Å². The number of imidazole rings is 1. The number of halogens is 3. The molecule has 0 radical (unpaired) electrons. The lowest BCUT2D eigenvalue weighted by Crippen LogP contribution is -1.93. The molecule has 3 rings (SSSR count). The van der Waals surface area contributed by atoms with E-state index < -0.39 is 0 Å². The van der Waals surface area contributed by atoms with Gasteiger partial charge in [-0.2, -0.15) is 0 Å². The average Bonchev–Trinajstić information content (AvgIpc) is 2.65. The molecule has 19 heavy (non-hydrogen) atoms. The first-order chi connectivity index (χ1) is 9.06. The fourth-order valence-electron chi connectivity index (χ4n) is 1.97. The molecule has 0 aliphatic rings. The van der Waals surface area contributed by atoms with Crippen LogP contribution in [0.4, 0.5) is 0 Å². The number of aromatic amines is 1. The van der Waals surface area contributed by atoms with Crippen LogP contribution in [-0.2, 0) is 0 Å². The molecule has 1 heterocycles. The highest BCUT2D eigenvalue weighted by Crippen LogP contribution is 2.29. The quantitative estimate of drug-likeness (QED) is 0.538. The Hall–Kier alpha value is -0.810. The molecular weight excluding hydrogens is 367 g/mol. The molecule has 6 heteroatoms. The summed E-state index contributed by atoms with van der Waals surface area (Å²) in [5.74, 6) is 0. The van der Waals surface area contributed by atoms with Crippen molar-refractivity contribution in [3.05, 3.63) is 55.7 Å². The summed E-state index contributed by atoms with van der Waals surface area (Å²) in [7, 11) is 0. The van der Waals surface area contributed by atoms with E-state index in [1.165, 1.54) is 0 Å². The lowest BCUT2D eigenvalue weighted by atomic mass is 10.3. The monoisotopic (exact) mass is 372 g/mol. The van der Waals surface area contributed by atoms with Crippen molar-refractivity contribution in [1.29, 1.82) is 0 Å². The van der Waals surface area contributed by atoms with Crippen LogP contribution in [0, 0.1) is 4.77 Å². The molecule has 0 unspecified atom stereocenters. The van der Waals surface area contributed by atoms with Crippen molar-refractivity contribution in [3.8, 4) is 5.69 Å². The van der Waals surface area contributed by atoms with Crippen LogP contribution in [0.25, 0.3) is 16.7 Å². The van der Waals surface area contributed by atoms with E-state index in [1.54, 1.807) is 6.07 Å². The summed E-state index contributed by atoms with van der Waals surface area (Å²) in [4.78, 5) is 3.13. The molecule has 0 saturated carbocycles. The first-order valence-electron chi connectivity index (χ1n) is 5.42. The van der Waals surface area contributed by atoms with Gasteiger partial charge >= 0.3 is 0 Å². The molecule has 2 aromatic carbocycles. The fraction of sp³-hybridized carbons (Fsp3) is 0. The van der Waals surface area contributed by atoms with Gasteiger partial charge in [0.2, 0.25) is 0 Å². The summed E-state index contributed by atoms with van der Waals surface area (Å²) in [5.41, 5.74) is 2.72. The Morgan fingerprint density at radius 1 is 1.11 bits per heavy atom. The zero-order valence-electron chi connectivity index (χ0n) is 9.45. The van der Waals surface area contributed by atoms with Crippen molar-refractivity contribution in [1.82, 2.24) is 9.55 Å². The van der Waals surface area contributed by atoms with Gasteiger partial charge in [-0.1, -0.05) is 45.2 Å². The van der Waals surface area contributed by atoms with E-state index in [0.29, 0.717) is 14.8 Å². The molecule has 0 atom stereocenters. The minimum Gasteiger partial charge on any atom is -0.330 e. The Bertz CT molecular complexity index is 838. The number of H-pyrrole nitrogens is 1. The number of hydrogen-bond donors (Lipinski definition) is 1. The standard InChI is InChI=1S/C13H7BrCl2N2S/c14-7-2-1-3-8(4-7)18-12-6-10(16)9(15)5-11(12)17-13(18)19/h1-6H,(H,17,19). The zero-order chi connectivity index (χ0) is 13.6. The van der Waals surface area contributed by atoms with Gasteiger partial charge in [0.1, 0.15) is 0 Å². The van der Waals surface area contributed by atoms with Crippen molar-refractivity contribution >= 4 is 62.4 Å². The van der Waals surface area contributed by atoms with Crippen LogP contribution in [0.3, 0.4) is 0 Å². The van der Waals surface area contributed by atoms with E-state index in [-0.39, 0.29) is 0 Å². The summed E-state index contributed by atoms with van der Waals surface area (Å²) >= 11 is 20.9. The molecule has 0 amide bonds. The van der Waals surface area contributed by atoms with Gasteiger partial charge in [-0.15, -0.1) is 0 Å². The summed E-state index contributed by atoms with van der Waals surface area (Å²) in [6, 6.07) is 11.5. The van der Waals surface area contributed by atoms with Gasteiger partial charge in [0.25, 0.3) is 0 Å². The molecule has 0 bridgehead atoms. The first kappa shape index (κ1) is 13.2. The van der Waals surface area contributed by atoms with Crippen molar-refractivity contribution in [3.63, 3.8) is 0 Å². The Labute approximate surface area is 133 Å². The van der Waals surface area contributed by atoms with Gasteiger partial charge in [-0.05, 0) is 42.5 Å². The third kappa shape index (κ3) is 2.34. The maximum Gasteiger partial charge on any atom is 0.182 e. The number of benzene rings is 2. The van der Waals surface area contributed by atoms with Crippen LogP contribution >= 0.6 is 51.3 Å². The SMILES string of the molecule is S=c1[nH]c2cc(Cl)c(Cl)cc2n1-c1cccc(Br)c1. The first-order valence-corrected chi connectivity index (χ1v) is 7.38. The van der Waals surface area contributed by atoms with Crippen LogP contribution in [0.5, 0.6) is 0 Å². The van der Waals surface area contributed by atoms with Crippen molar-refractivity contribution in [2.75, 3.05) is 0 Å². The van der Waals surface area contributed by atoms with Gasteiger partial charge < -0.3 is 4.98 Å². The highest BCUT2D eigenvalue weighted by molar-refractivity contribution is 9.10. The molecule has 2 nitrogen and oxygen atoms in total. The van der Waals surface area contributed by atoms with Crippen LogP contribution < -0.4 is 0 Å². The van der Waals surface area contributed by atoms with Crippen molar-refractivity contribution in [2.45, 2.75) is 0 Å². The van der Waals surface area contributed by atoms with E-state index in [2.05, 4.69) is 20.9 Å². The highest BCUT2D eigenvalue weighted by Gasteiger charge is 2.09. The van der Waals surface area contributed by atoms with Crippen LogP contribution in [-0.4, -0.2) is 9.55 Å². The summed E-state index contributed by atoms with van der Waals surface area (Å²) < 4.78 is 3.52. The Balaban J connectivity index is 2.38. The van der Waals surface area contributed by atoms with Gasteiger partial charge in [0.15, 0.2) is 4.77 Å². The summed E-state index contributed by atoms with van der Waals surface area (Å²) in [6.07, 6.45) is 0. The van der Waals surface area contributed by atoms with E-state index in [4.69, 9.17) is 35.4 Å². The maximum absolute atomic E-state index is 6.09. The fourth-order valence-corrected chi connectivity index (χ4v) is 3.00. The third-order valence-electron chi connectivity index (χ3n) is 2.79.